The first kappa shape index (κ1) is 68.2. The summed E-state index contributed by atoms with van der Waals surface area (Å²) in [5.41, 5.74) is 0. The lowest BCUT2D eigenvalue weighted by molar-refractivity contribution is -0.870. The summed E-state index contributed by atoms with van der Waals surface area (Å²) in [5, 5.41) is 14.0. The number of quaternary nitrogens is 1. The van der Waals surface area contributed by atoms with Crippen molar-refractivity contribution in [2.24, 2.45) is 0 Å². The Morgan fingerprint density at radius 3 is 1.21 bits per heavy atom. The fourth-order valence-electron chi connectivity index (χ4n) is 8.67. The average Bonchev–Trinajstić information content (AvgIpc) is 3.32. The van der Waals surface area contributed by atoms with E-state index in [2.05, 4.69) is 79.9 Å². The number of carbonyl (C=O) groups is 1. The molecule has 0 fully saturated rings. The SMILES string of the molecule is CC/C=C\C/C=C\C/C=C\C/C=C\C/C=C\CCCC(=O)NC(COP(=O)([O-])OCC[N+](C)(C)C)C(O)CCCCCCCCCCCCCCCCCCCCCCCCCCCCCCCCC. The number of carbonyl (C=O) groups excluding carboxylic acids is 1. The molecule has 0 aliphatic carbocycles. The normalized spacial score (nSPS) is 14.3. The Kier molecular flexibility index (Phi) is 50.7. The van der Waals surface area contributed by atoms with E-state index >= 15 is 0 Å². The zero-order valence-corrected chi connectivity index (χ0v) is 47.6. The van der Waals surface area contributed by atoms with Gasteiger partial charge in [0.15, 0.2) is 0 Å². The summed E-state index contributed by atoms with van der Waals surface area (Å²) < 4.78 is 23.4. The predicted octanol–water partition coefficient (Wildman–Crippen LogP) is 17.5. The van der Waals surface area contributed by atoms with E-state index in [0.717, 1.165) is 57.8 Å². The molecule has 0 saturated heterocycles. The minimum atomic E-state index is -4.59. The predicted molar refractivity (Wildman–Crippen MR) is 302 cm³/mol. The average molecular weight is 1000 g/mol. The van der Waals surface area contributed by atoms with Crippen LogP contribution in [0.1, 0.15) is 271 Å². The molecule has 0 aromatic carbocycles. The van der Waals surface area contributed by atoms with Crippen LogP contribution in [0.2, 0.25) is 0 Å². The lowest BCUT2D eigenvalue weighted by Gasteiger charge is -2.30. The van der Waals surface area contributed by atoms with Gasteiger partial charge in [0, 0.05) is 6.42 Å². The number of nitrogens with zero attached hydrogens (tertiary/aromatic N) is 1. The molecule has 410 valence electrons. The van der Waals surface area contributed by atoms with E-state index in [0.29, 0.717) is 23.9 Å². The van der Waals surface area contributed by atoms with Gasteiger partial charge in [-0.2, -0.15) is 0 Å². The van der Waals surface area contributed by atoms with Crippen molar-refractivity contribution in [2.45, 2.75) is 283 Å². The van der Waals surface area contributed by atoms with Crippen molar-refractivity contribution in [3.8, 4) is 0 Å². The van der Waals surface area contributed by atoms with Crippen LogP contribution in [0.4, 0.5) is 0 Å². The first-order valence-electron chi connectivity index (χ1n) is 29.6. The Balaban J connectivity index is 4.11. The third kappa shape index (κ3) is 54.0. The van der Waals surface area contributed by atoms with Crippen molar-refractivity contribution < 1.29 is 32.9 Å². The molecule has 0 aromatic heterocycles. The summed E-state index contributed by atoms with van der Waals surface area (Å²) in [5.74, 6) is -0.220. The minimum Gasteiger partial charge on any atom is -0.756 e. The van der Waals surface area contributed by atoms with Gasteiger partial charge in [-0.05, 0) is 51.4 Å². The van der Waals surface area contributed by atoms with Gasteiger partial charge in [-0.15, -0.1) is 0 Å². The van der Waals surface area contributed by atoms with E-state index in [-0.39, 0.29) is 25.5 Å². The summed E-state index contributed by atoms with van der Waals surface area (Å²) in [6.45, 7) is 4.58. The van der Waals surface area contributed by atoms with Gasteiger partial charge in [0.25, 0.3) is 7.82 Å². The van der Waals surface area contributed by atoms with Crippen LogP contribution in [-0.4, -0.2) is 68.5 Å². The van der Waals surface area contributed by atoms with Gasteiger partial charge in [0.1, 0.15) is 13.2 Å². The zero-order valence-electron chi connectivity index (χ0n) is 46.7. The molecule has 0 rings (SSSR count). The second kappa shape index (κ2) is 52.1. The van der Waals surface area contributed by atoms with Gasteiger partial charge in [0.2, 0.25) is 5.91 Å². The Morgan fingerprint density at radius 1 is 0.514 bits per heavy atom. The maximum absolute atomic E-state index is 12.9. The molecular weight excluding hydrogens is 888 g/mol. The van der Waals surface area contributed by atoms with Crippen molar-refractivity contribution in [1.29, 1.82) is 0 Å². The number of nitrogens with one attached hydrogen (secondary N) is 1. The van der Waals surface area contributed by atoms with Crippen LogP contribution in [-0.2, 0) is 18.4 Å². The molecule has 0 aromatic rings. The Hall–Kier alpha value is -1.80. The van der Waals surface area contributed by atoms with Gasteiger partial charge in [-0.25, -0.2) is 0 Å². The second-order valence-electron chi connectivity index (χ2n) is 21.3. The van der Waals surface area contributed by atoms with Crippen LogP contribution >= 0.6 is 7.82 Å². The largest absolute Gasteiger partial charge is 0.756 e. The second-order valence-corrected chi connectivity index (χ2v) is 22.7. The summed E-state index contributed by atoms with van der Waals surface area (Å²) in [4.78, 5) is 25.5. The third-order valence-electron chi connectivity index (χ3n) is 13.3. The number of phosphoric acid groups is 1. The standard InChI is InChI=1S/C61H115N2O6P/c1-6-8-10-12-14-16-18-20-22-24-25-26-27-28-29-30-31-32-33-34-35-36-37-39-40-42-44-46-48-50-52-54-60(64)59(58-69-70(66,67)68-57-56-63(3,4)5)62-61(65)55-53-51-49-47-45-43-41-38-23-21-19-17-15-13-11-9-7-2/h9,11,15,17,21,23,41,43,47,49,59-60,64H,6-8,10,12-14,16,18-20,22,24-40,42,44-46,48,50-58H2,1-5H3,(H-,62,65,66,67)/b11-9-,17-15-,23-21-,43-41-,49-47-. The molecule has 9 heteroatoms. The molecule has 0 spiro atoms. The smallest absolute Gasteiger partial charge is 0.268 e. The molecule has 0 bridgehead atoms. The maximum Gasteiger partial charge on any atom is 0.268 e. The number of rotatable bonds is 54. The number of allylic oxidation sites excluding steroid dienone is 10. The third-order valence-corrected chi connectivity index (χ3v) is 14.2. The summed E-state index contributed by atoms with van der Waals surface area (Å²) >= 11 is 0. The molecule has 3 unspecified atom stereocenters. The number of aliphatic hydroxyl groups excluding tert-OH is 1. The van der Waals surface area contributed by atoms with Crippen LogP contribution in [0.5, 0.6) is 0 Å². The number of hydrogen-bond donors (Lipinski definition) is 2. The fraction of sp³-hybridized carbons (Fsp3) is 0.820. The van der Waals surface area contributed by atoms with Gasteiger partial charge >= 0.3 is 0 Å². The first-order valence-corrected chi connectivity index (χ1v) is 31.1. The van der Waals surface area contributed by atoms with E-state index in [1.165, 1.54) is 180 Å². The van der Waals surface area contributed by atoms with Crippen molar-refractivity contribution in [2.75, 3.05) is 40.9 Å². The number of aliphatic hydroxyl groups is 1. The van der Waals surface area contributed by atoms with Gasteiger partial charge < -0.3 is 28.8 Å². The highest BCUT2D eigenvalue weighted by atomic mass is 31.2. The van der Waals surface area contributed by atoms with E-state index in [4.69, 9.17) is 9.05 Å². The lowest BCUT2D eigenvalue weighted by atomic mass is 10.0. The number of unbranched alkanes of at least 4 members (excludes halogenated alkanes) is 31. The minimum absolute atomic E-state index is 0.000652. The molecule has 0 aliphatic heterocycles. The van der Waals surface area contributed by atoms with Crippen LogP contribution in [0.15, 0.2) is 60.8 Å². The molecular formula is C61H115N2O6P. The number of phosphoric ester groups is 1. The first-order chi connectivity index (χ1) is 34.0. The van der Waals surface area contributed by atoms with Crippen LogP contribution in [0.25, 0.3) is 0 Å². The highest BCUT2D eigenvalue weighted by molar-refractivity contribution is 7.45. The van der Waals surface area contributed by atoms with Crippen LogP contribution in [0, 0.1) is 0 Å². The molecule has 8 nitrogen and oxygen atoms in total. The molecule has 70 heavy (non-hydrogen) atoms. The van der Waals surface area contributed by atoms with E-state index < -0.39 is 20.0 Å². The fourth-order valence-corrected chi connectivity index (χ4v) is 9.39. The van der Waals surface area contributed by atoms with Crippen molar-refractivity contribution in [3.63, 3.8) is 0 Å². The Labute approximate surface area is 434 Å². The highest BCUT2D eigenvalue weighted by Gasteiger charge is 2.24. The molecule has 2 N–H and O–H groups in total. The van der Waals surface area contributed by atoms with Gasteiger partial charge in [0.05, 0.1) is 39.9 Å². The quantitative estimate of drug-likeness (QED) is 0.0272. The summed E-state index contributed by atoms with van der Waals surface area (Å²) in [6.07, 6.45) is 70.0. The van der Waals surface area contributed by atoms with Crippen LogP contribution in [0.3, 0.4) is 0 Å². The summed E-state index contributed by atoms with van der Waals surface area (Å²) in [7, 11) is 1.27. The van der Waals surface area contributed by atoms with Crippen molar-refractivity contribution in [3.05, 3.63) is 60.8 Å². The van der Waals surface area contributed by atoms with E-state index in [9.17, 15) is 19.4 Å². The number of likely N-dealkylation sites (N-methyl/N-ethyl adjacent to an activating group) is 1. The van der Waals surface area contributed by atoms with Crippen molar-refractivity contribution in [1.82, 2.24) is 5.32 Å². The number of hydrogen-bond acceptors (Lipinski definition) is 6. The number of amides is 1. The maximum atomic E-state index is 12.9. The monoisotopic (exact) mass is 1000 g/mol. The molecule has 0 radical (unpaired) electrons. The molecule has 3 atom stereocenters. The Morgan fingerprint density at radius 2 is 0.857 bits per heavy atom. The highest BCUT2D eigenvalue weighted by Crippen LogP contribution is 2.38. The van der Waals surface area contributed by atoms with Crippen LogP contribution < -0.4 is 10.2 Å². The van der Waals surface area contributed by atoms with E-state index in [1.54, 1.807) is 0 Å². The molecule has 1 amide bonds. The molecule has 0 heterocycles. The Bertz CT molecular complexity index is 1320. The summed E-state index contributed by atoms with van der Waals surface area (Å²) in [6, 6.07) is -0.834. The molecule has 0 aliphatic rings. The topological polar surface area (TPSA) is 108 Å². The molecule has 0 saturated carbocycles. The zero-order chi connectivity index (χ0) is 51.3. The van der Waals surface area contributed by atoms with Gasteiger partial charge in [-0.3, -0.25) is 9.36 Å². The van der Waals surface area contributed by atoms with Gasteiger partial charge in [-0.1, -0.05) is 274 Å². The lowest BCUT2D eigenvalue weighted by Crippen LogP contribution is -2.46. The van der Waals surface area contributed by atoms with Crippen molar-refractivity contribution >= 4 is 13.7 Å². The van der Waals surface area contributed by atoms with E-state index in [1.807, 2.05) is 21.1 Å².